The fourth-order valence-corrected chi connectivity index (χ4v) is 2.42. The maximum atomic E-state index is 13.1. The first-order valence-electron chi connectivity index (χ1n) is 7.93. The number of hydrogen-bond acceptors (Lipinski definition) is 3. The zero-order valence-electron chi connectivity index (χ0n) is 14.0. The Morgan fingerprint density at radius 3 is 2.42 bits per heavy atom. The molecule has 0 spiro atoms. The van der Waals surface area contributed by atoms with Crippen molar-refractivity contribution in [3.05, 3.63) is 78.1 Å². The van der Waals surface area contributed by atoms with Crippen LogP contribution in [-0.2, 0) is 9.59 Å². The van der Waals surface area contributed by atoms with E-state index in [0.717, 1.165) is 22.4 Å². The topological polar surface area (TPSA) is 70.6 Å². The summed E-state index contributed by atoms with van der Waals surface area (Å²) in [5, 5.41) is 8.42. The van der Waals surface area contributed by atoms with Crippen molar-refractivity contribution in [1.82, 2.24) is 5.43 Å². The first-order chi connectivity index (χ1) is 12.5. The van der Waals surface area contributed by atoms with Gasteiger partial charge in [0.05, 0.1) is 5.71 Å². The lowest BCUT2D eigenvalue weighted by Crippen LogP contribution is -2.32. The number of nitrogens with one attached hydrogen (secondary N) is 2. The van der Waals surface area contributed by atoms with Gasteiger partial charge in [-0.15, -0.1) is 0 Å². The minimum atomic E-state index is -0.936. The summed E-state index contributed by atoms with van der Waals surface area (Å²) in [6, 6.07) is 19.0. The third kappa shape index (κ3) is 4.10. The molecule has 130 valence electrons. The van der Waals surface area contributed by atoms with Crippen LogP contribution < -0.4 is 10.7 Å². The van der Waals surface area contributed by atoms with Crippen LogP contribution in [0.3, 0.4) is 0 Å². The van der Waals surface area contributed by atoms with Crippen molar-refractivity contribution < 1.29 is 14.0 Å². The molecule has 5 nitrogen and oxygen atoms in total. The SMILES string of the molecule is C/C(=N\NC(=O)C(=O)Nc1cccc(F)c1)c1ccc2ccccc2c1. The van der Waals surface area contributed by atoms with Gasteiger partial charge in [0.2, 0.25) is 0 Å². The molecule has 0 aliphatic carbocycles. The molecule has 26 heavy (non-hydrogen) atoms. The van der Waals surface area contributed by atoms with Gasteiger partial charge >= 0.3 is 11.8 Å². The minimum absolute atomic E-state index is 0.195. The van der Waals surface area contributed by atoms with Gasteiger partial charge in [0.25, 0.3) is 0 Å². The van der Waals surface area contributed by atoms with Crippen molar-refractivity contribution in [2.45, 2.75) is 6.92 Å². The lowest BCUT2D eigenvalue weighted by Gasteiger charge is -2.06. The summed E-state index contributed by atoms with van der Waals surface area (Å²) >= 11 is 0. The van der Waals surface area contributed by atoms with Gasteiger partial charge in [-0.2, -0.15) is 5.10 Å². The molecular formula is C20H16FN3O2. The first-order valence-corrected chi connectivity index (χ1v) is 7.93. The molecule has 0 radical (unpaired) electrons. The third-order valence-electron chi connectivity index (χ3n) is 3.78. The van der Waals surface area contributed by atoms with Crippen molar-refractivity contribution >= 4 is 34.0 Å². The standard InChI is InChI=1S/C20H16FN3O2/c1-13(15-10-9-14-5-2-3-6-16(14)11-15)23-24-20(26)19(25)22-18-8-4-7-17(21)12-18/h2-12H,1H3,(H,22,25)(H,24,26)/b23-13+. The molecule has 0 saturated carbocycles. The second-order valence-corrected chi connectivity index (χ2v) is 5.66. The summed E-state index contributed by atoms with van der Waals surface area (Å²) in [6.07, 6.45) is 0. The van der Waals surface area contributed by atoms with E-state index < -0.39 is 17.6 Å². The summed E-state index contributed by atoms with van der Waals surface area (Å²) in [7, 11) is 0. The van der Waals surface area contributed by atoms with Crippen LogP contribution in [0.4, 0.5) is 10.1 Å². The van der Waals surface area contributed by atoms with E-state index in [0.29, 0.717) is 5.71 Å². The van der Waals surface area contributed by atoms with Gasteiger partial charge in [-0.3, -0.25) is 9.59 Å². The van der Waals surface area contributed by atoms with E-state index in [1.54, 1.807) is 6.92 Å². The Morgan fingerprint density at radius 1 is 0.885 bits per heavy atom. The number of carbonyl (C=O) groups excluding carboxylic acids is 2. The molecule has 6 heteroatoms. The van der Waals surface area contributed by atoms with Gasteiger partial charge in [0.15, 0.2) is 0 Å². The predicted octanol–water partition coefficient (Wildman–Crippen LogP) is 3.46. The van der Waals surface area contributed by atoms with Crippen LogP contribution in [0.25, 0.3) is 10.8 Å². The Bertz CT molecular complexity index is 1010. The highest BCUT2D eigenvalue weighted by Crippen LogP contribution is 2.16. The second kappa shape index (κ2) is 7.57. The summed E-state index contributed by atoms with van der Waals surface area (Å²) < 4.78 is 13.1. The first kappa shape index (κ1) is 17.3. The Balaban J connectivity index is 1.67. The number of carbonyl (C=O) groups is 2. The largest absolute Gasteiger partial charge is 0.329 e. The van der Waals surface area contributed by atoms with E-state index in [1.165, 1.54) is 18.2 Å². The van der Waals surface area contributed by atoms with E-state index in [1.807, 2.05) is 42.5 Å². The molecule has 3 aromatic carbocycles. The van der Waals surface area contributed by atoms with Gasteiger partial charge in [-0.05, 0) is 47.5 Å². The number of nitrogens with zero attached hydrogens (tertiary/aromatic N) is 1. The monoisotopic (exact) mass is 349 g/mol. The zero-order chi connectivity index (χ0) is 18.5. The Labute approximate surface area is 149 Å². The maximum Gasteiger partial charge on any atom is 0.329 e. The number of rotatable bonds is 3. The van der Waals surface area contributed by atoms with E-state index >= 15 is 0 Å². The Morgan fingerprint density at radius 2 is 1.65 bits per heavy atom. The molecule has 0 aliphatic heterocycles. The number of benzene rings is 3. The van der Waals surface area contributed by atoms with Crippen molar-refractivity contribution in [3.8, 4) is 0 Å². The van der Waals surface area contributed by atoms with E-state index in [4.69, 9.17) is 0 Å². The van der Waals surface area contributed by atoms with Crippen molar-refractivity contribution in [2.24, 2.45) is 5.10 Å². The molecule has 0 aliphatic rings. The normalized spacial score (nSPS) is 11.2. The number of fused-ring (bicyclic) bond motifs is 1. The molecule has 2 amide bonds. The van der Waals surface area contributed by atoms with Crippen LogP contribution in [0.5, 0.6) is 0 Å². The molecule has 0 unspecified atom stereocenters. The van der Waals surface area contributed by atoms with Gasteiger partial charge in [-0.25, -0.2) is 9.82 Å². The average Bonchev–Trinajstić information content (AvgIpc) is 2.65. The van der Waals surface area contributed by atoms with Crippen molar-refractivity contribution in [1.29, 1.82) is 0 Å². The number of hydrogen-bond donors (Lipinski definition) is 2. The summed E-state index contributed by atoms with van der Waals surface area (Å²) in [5.41, 5.74) is 3.79. The van der Waals surface area contributed by atoms with Gasteiger partial charge in [0, 0.05) is 5.69 Å². The molecule has 0 fully saturated rings. The quantitative estimate of drug-likeness (QED) is 0.432. The molecule has 0 heterocycles. The molecule has 0 bridgehead atoms. The molecule has 0 saturated heterocycles. The van der Waals surface area contributed by atoms with Crippen LogP contribution in [0, 0.1) is 5.82 Å². The van der Waals surface area contributed by atoms with Gasteiger partial charge < -0.3 is 5.32 Å². The molecule has 2 N–H and O–H groups in total. The van der Waals surface area contributed by atoms with E-state index in [-0.39, 0.29) is 5.69 Å². The van der Waals surface area contributed by atoms with Gasteiger partial charge in [0.1, 0.15) is 5.82 Å². The molecular weight excluding hydrogens is 333 g/mol. The summed E-state index contributed by atoms with van der Waals surface area (Å²) in [5.74, 6) is -2.37. The average molecular weight is 349 g/mol. The number of halogens is 1. The number of amides is 2. The highest BCUT2D eigenvalue weighted by Gasteiger charge is 2.13. The van der Waals surface area contributed by atoms with Gasteiger partial charge in [-0.1, -0.05) is 42.5 Å². The van der Waals surface area contributed by atoms with Crippen molar-refractivity contribution in [3.63, 3.8) is 0 Å². The highest BCUT2D eigenvalue weighted by atomic mass is 19.1. The highest BCUT2D eigenvalue weighted by molar-refractivity contribution is 6.39. The third-order valence-corrected chi connectivity index (χ3v) is 3.78. The summed E-state index contributed by atoms with van der Waals surface area (Å²) in [4.78, 5) is 23.7. The maximum absolute atomic E-state index is 13.1. The molecule has 0 aromatic heterocycles. The number of anilines is 1. The van der Waals surface area contributed by atoms with Crippen LogP contribution >= 0.6 is 0 Å². The molecule has 3 rings (SSSR count). The lowest BCUT2D eigenvalue weighted by atomic mass is 10.0. The Hall–Kier alpha value is -3.54. The smallest absolute Gasteiger partial charge is 0.318 e. The zero-order valence-corrected chi connectivity index (χ0v) is 14.0. The lowest BCUT2D eigenvalue weighted by molar-refractivity contribution is -0.136. The van der Waals surface area contributed by atoms with Crippen LogP contribution in [0.2, 0.25) is 0 Å². The summed E-state index contributed by atoms with van der Waals surface area (Å²) in [6.45, 7) is 1.73. The minimum Gasteiger partial charge on any atom is -0.318 e. The fraction of sp³-hybridized carbons (Fsp3) is 0.0500. The van der Waals surface area contributed by atoms with Crippen LogP contribution in [0.15, 0.2) is 71.8 Å². The van der Waals surface area contributed by atoms with Crippen LogP contribution in [0.1, 0.15) is 12.5 Å². The van der Waals surface area contributed by atoms with E-state index in [2.05, 4.69) is 15.8 Å². The molecule has 0 atom stereocenters. The fourth-order valence-electron chi connectivity index (χ4n) is 2.42. The number of hydrazone groups is 1. The predicted molar refractivity (Wildman–Crippen MR) is 99.3 cm³/mol. The van der Waals surface area contributed by atoms with Crippen LogP contribution in [-0.4, -0.2) is 17.5 Å². The second-order valence-electron chi connectivity index (χ2n) is 5.66. The van der Waals surface area contributed by atoms with Crippen molar-refractivity contribution in [2.75, 3.05) is 5.32 Å². The molecule has 3 aromatic rings. The van der Waals surface area contributed by atoms with E-state index in [9.17, 15) is 14.0 Å². The Kier molecular flexibility index (Phi) is 5.03.